The average molecular weight is 737 g/mol. The molecule has 0 aromatic rings. The zero-order chi connectivity index (χ0) is 38.2. The van der Waals surface area contributed by atoms with Crippen LogP contribution in [-0.2, 0) is 14.3 Å². The number of carbonyl (C=O) groups is 1. The summed E-state index contributed by atoms with van der Waals surface area (Å²) < 4.78 is 11.7. The number of allylic oxidation sites excluding steroid dienone is 2. The summed E-state index contributed by atoms with van der Waals surface area (Å²) in [6.45, 7) is 12.2. The second-order valence-electron chi connectivity index (χ2n) is 16.6. The Bertz CT molecular complexity index is 753. The maximum Gasteiger partial charge on any atom is 0.407 e. The third-order valence-corrected chi connectivity index (χ3v) is 10.0. The lowest BCUT2D eigenvalue weighted by molar-refractivity contribution is -0.213. The number of rotatable bonds is 40. The highest BCUT2D eigenvalue weighted by molar-refractivity contribution is 5.67. The number of nitrogens with zero attached hydrogens (tertiary/aromatic N) is 1. The molecule has 0 aromatic heterocycles. The van der Waals surface area contributed by atoms with E-state index in [0.717, 1.165) is 32.1 Å². The van der Waals surface area contributed by atoms with Crippen LogP contribution in [0.5, 0.6) is 0 Å². The molecule has 0 spiro atoms. The molecular formula is C46H92N2O4. The van der Waals surface area contributed by atoms with Gasteiger partial charge in [-0.15, -0.1) is 0 Å². The van der Waals surface area contributed by atoms with Gasteiger partial charge in [-0.2, -0.15) is 5.06 Å². The van der Waals surface area contributed by atoms with Crippen LogP contribution in [0, 0.1) is 0 Å². The van der Waals surface area contributed by atoms with Crippen molar-refractivity contribution in [3.63, 3.8) is 0 Å². The van der Waals surface area contributed by atoms with E-state index in [9.17, 15) is 4.79 Å². The van der Waals surface area contributed by atoms with E-state index in [1.165, 1.54) is 173 Å². The van der Waals surface area contributed by atoms with E-state index in [4.69, 9.17) is 14.3 Å². The molecule has 0 rings (SSSR count). The van der Waals surface area contributed by atoms with Crippen LogP contribution in [0.15, 0.2) is 12.2 Å². The molecule has 0 bridgehead atoms. The van der Waals surface area contributed by atoms with Crippen molar-refractivity contribution in [2.45, 2.75) is 252 Å². The highest BCUT2D eigenvalue weighted by Gasteiger charge is 2.15. The number of alkyl carbamates (subject to hydrolysis) is 1. The van der Waals surface area contributed by atoms with Crippen LogP contribution in [0.2, 0.25) is 0 Å². The van der Waals surface area contributed by atoms with Crippen LogP contribution >= 0.6 is 0 Å². The van der Waals surface area contributed by atoms with E-state index >= 15 is 0 Å². The molecule has 1 atom stereocenters. The first-order valence-electron chi connectivity index (χ1n) is 22.9. The molecule has 0 saturated carbocycles. The van der Waals surface area contributed by atoms with E-state index in [0.29, 0.717) is 19.9 Å². The number of nitrogens with one attached hydrogen (secondary N) is 1. The minimum Gasteiger partial charge on any atom is -0.446 e. The van der Waals surface area contributed by atoms with Gasteiger partial charge >= 0.3 is 6.09 Å². The maximum atomic E-state index is 12.7. The van der Waals surface area contributed by atoms with Crippen molar-refractivity contribution in [3.05, 3.63) is 12.2 Å². The first kappa shape index (κ1) is 50.9. The monoisotopic (exact) mass is 737 g/mol. The number of carbonyl (C=O) groups excluding carboxylic acids is 1. The smallest absolute Gasteiger partial charge is 0.407 e. The molecular weight excluding hydrogens is 645 g/mol. The molecule has 310 valence electrons. The summed E-state index contributed by atoms with van der Waals surface area (Å²) in [6, 6.07) is 0. The normalized spacial score (nSPS) is 12.7. The summed E-state index contributed by atoms with van der Waals surface area (Å²) in [4.78, 5) is 18.4. The molecule has 0 aliphatic rings. The van der Waals surface area contributed by atoms with Gasteiger partial charge in [-0.3, -0.25) is 4.84 Å². The van der Waals surface area contributed by atoms with Crippen molar-refractivity contribution >= 4 is 6.09 Å². The number of unbranched alkanes of at least 4 members (excludes halogenated alkanes) is 26. The number of hydrogen-bond acceptors (Lipinski definition) is 5. The van der Waals surface area contributed by atoms with Crippen molar-refractivity contribution in [3.8, 4) is 0 Å². The third-order valence-electron chi connectivity index (χ3n) is 10.0. The molecule has 52 heavy (non-hydrogen) atoms. The molecule has 1 N–H and O–H groups in total. The Morgan fingerprint density at radius 1 is 0.577 bits per heavy atom. The summed E-state index contributed by atoms with van der Waals surface area (Å²) in [6.07, 6.45) is 46.2. The molecule has 0 radical (unpaired) electrons. The van der Waals surface area contributed by atoms with Crippen molar-refractivity contribution in [2.75, 3.05) is 26.9 Å². The largest absolute Gasteiger partial charge is 0.446 e. The van der Waals surface area contributed by atoms with Gasteiger partial charge in [0, 0.05) is 13.6 Å². The molecule has 0 aliphatic carbocycles. The zero-order valence-electron chi connectivity index (χ0n) is 36.1. The second kappa shape index (κ2) is 39.6. The quantitative estimate of drug-likeness (QED) is 0.0294. The molecule has 0 saturated heterocycles. The van der Waals surface area contributed by atoms with Crippen molar-refractivity contribution in [2.24, 2.45) is 0 Å². The lowest BCUT2D eigenvalue weighted by Crippen LogP contribution is -2.32. The van der Waals surface area contributed by atoms with E-state index < -0.39 is 0 Å². The zero-order valence-corrected chi connectivity index (χ0v) is 36.1. The van der Waals surface area contributed by atoms with Gasteiger partial charge < -0.3 is 14.8 Å². The topological polar surface area (TPSA) is 60.0 Å². The molecule has 0 fully saturated rings. The molecule has 1 amide bonds. The van der Waals surface area contributed by atoms with E-state index in [2.05, 4.69) is 31.3 Å². The summed E-state index contributed by atoms with van der Waals surface area (Å²) in [5.41, 5.74) is -0.199. The Labute approximate surface area is 325 Å². The van der Waals surface area contributed by atoms with Crippen LogP contribution in [0.1, 0.15) is 240 Å². The minimum atomic E-state index is -0.279. The molecule has 1 unspecified atom stereocenters. The Morgan fingerprint density at radius 2 is 0.962 bits per heavy atom. The first-order valence-corrected chi connectivity index (χ1v) is 22.9. The SMILES string of the molecule is CCCCCCCC/C=C\CCCCCCCC(CCCCCCCCCCCCCCCCCC)OC(=O)NCCCON(C)COC(C)(C)C. The average Bonchev–Trinajstić information content (AvgIpc) is 3.11. The fourth-order valence-corrected chi connectivity index (χ4v) is 6.62. The van der Waals surface area contributed by atoms with Gasteiger partial charge in [0.25, 0.3) is 0 Å². The van der Waals surface area contributed by atoms with Crippen LogP contribution < -0.4 is 5.32 Å². The summed E-state index contributed by atoms with van der Waals surface area (Å²) in [5, 5.41) is 4.66. The van der Waals surface area contributed by atoms with Crippen molar-refractivity contribution in [1.82, 2.24) is 10.4 Å². The molecule has 0 heterocycles. The standard InChI is InChI=1S/C46H92N2O4/c1-7-9-11-13-15-17-19-21-23-25-27-29-31-33-35-37-40-44(52-45(49)47-41-38-42-51-48(6)43-50-46(3,4)5)39-36-34-32-30-28-26-24-22-20-18-16-14-12-10-8-2/h22,24,44H,7-21,23,25-43H2,1-6H3,(H,47,49)/b24-22-. The highest BCUT2D eigenvalue weighted by Crippen LogP contribution is 2.18. The number of amides is 1. The Morgan fingerprint density at radius 3 is 1.37 bits per heavy atom. The number of ether oxygens (including phenoxy) is 2. The fraction of sp³-hybridized carbons (Fsp3) is 0.935. The molecule has 6 heteroatoms. The van der Waals surface area contributed by atoms with Crippen LogP contribution in [0.3, 0.4) is 0 Å². The number of hydrogen-bond donors (Lipinski definition) is 1. The van der Waals surface area contributed by atoms with Gasteiger partial charge in [0.15, 0.2) is 0 Å². The molecule has 0 aromatic carbocycles. The van der Waals surface area contributed by atoms with Gasteiger partial charge in [0.2, 0.25) is 0 Å². The van der Waals surface area contributed by atoms with Crippen molar-refractivity contribution in [1.29, 1.82) is 0 Å². The van der Waals surface area contributed by atoms with Crippen LogP contribution in [-0.4, -0.2) is 49.8 Å². The Kier molecular flexibility index (Phi) is 38.7. The fourth-order valence-electron chi connectivity index (χ4n) is 6.62. The second-order valence-corrected chi connectivity index (χ2v) is 16.6. The van der Waals surface area contributed by atoms with Crippen LogP contribution in [0.4, 0.5) is 4.79 Å². The predicted molar refractivity (Wildman–Crippen MR) is 226 cm³/mol. The third kappa shape index (κ3) is 41.6. The first-order chi connectivity index (χ1) is 25.3. The summed E-state index contributed by atoms with van der Waals surface area (Å²) >= 11 is 0. The maximum absolute atomic E-state index is 12.7. The van der Waals surface area contributed by atoms with E-state index in [1.54, 1.807) is 5.06 Å². The highest BCUT2D eigenvalue weighted by atomic mass is 16.7. The molecule has 6 nitrogen and oxygen atoms in total. The van der Waals surface area contributed by atoms with Gasteiger partial charge in [0.05, 0.1) is 12.2 Å². The Balaban J connectivity index is 4.18. The van der Waals surface area contributed by atoms with E-state index in [-0.39, 0.29) is 17.8 Å². The molecule has 0 aliphatic heterocycles. The number of hydroxylamine groups is 2. The summed E-state index contributed by atoms with van der Waals surface area (Å²) in [5.74, 6) is 0. The lowest BCUT2D eigenvalue weighted by Gasteiger charge is -2.24. The van der Waals surface area contributed by atoms with Gasteiger partial charge in [-0.25, -0.2) is 4.79 Å². The lowest BCUT2D eigenvalue weighted by atomic mass is 10.0. The predicted octanol–water partition coefficient (Wildman–Crippen LogP) is 14.8. The minimum absolute atomic E-state index is 0.0217. The van der Waals surface area contributed by atoms with Gasteiger partial charge in [-0.1, -0.05) is 174 Å². The Hall–Kier alpha value is -1.11. The summed E-state index contributed by atoms with van der Waals surface area (Å²) in [7, 11) is 1.87. The van der Waals surface area contributed by atoms with Gasteiger partial charge in [-0.05, 0) is 78.6 Å². The van der Waals surface area contributed by atoms with Crippen LogP contribution in [0.25, 0.3) is 0 Å². The van der Waals surface area contributed by atoms with Gasteiger partial charge in [0.1, 0.15) is 12.8 Å². The van der Waals surface area contributed by atoms with E-state index in [1.807, 2.05) is 27.8 Å². The van der Waals surface area contributed by atoms with Crippen molar-refractivity contribution < 1.29 is 19.1 Å².